The molecule has 0 spiro atoms. The zero-order valence-corrected chi connectivity index (χ0v) is 27.7. The smallest absolute Gasteiger partial charge is 0.408 e. The first kappa shape index (κ1) is 38.3. The van der Waals surface area contributed by atoms with E-state index in [2.05, 4.69) is 10.6 Å². The minimum absolute atomic E-state index is 0.0635. The third kappa shape index (κ3) is 11.5. The molecular weight excluding hydrogens is 655 g/mol. The molecule has 1 saturated heterocycles. The minimum Gasteiger partial charge on any atom is -0.464 e. The Kier molecular flexibility index (Phi) is 13.2. The molecule has 0 saturated carbocycles. The number of esters is 3. The third-order valence-electron chi connectivity index (χ3n) is 6.62. The summed E-state index contributed by atoms with van der Waals surface area (Å²) in [6.45, 7) is 7.02. The number of carbonyl (C=O) groups excluding carboxylic acids is 5. The van der Waals surface area contributed by atoms with Gasteiger partial charge in [0.25, 0.3) is 5.56 Å². The monoisotopic (exact) mass is 694 g/mol. The van der Waals surface area contributed by atoms with E-state index >= 15 is 0 Å². The van der Waals surface area contributed by atoms with Gasteiger partial charge in [-0.25, -0.2) is 9.59 Å². The number of nitrogens with one attached hydrogen (secondary N) is 3. The standard InChI is InChI=1S/C31H39FN4O13/c1-16(37)45-15-21(33-27(41)22(34-30(43)49-31(4,5)6)14-44-13-19-10-8-7-9-11-19)23-24(46-17(2)38)25(47-18(3)39)28(48-23)36-12-20(32)26(40)35-29(36)42/h7-12,21-25,28H,13-15H2,1-6H3,(H,33,41)(H,34,43)(H,35,40,42)/t21-,22-,23+,24-,25-,28+/m0/s1. The second-order valence-corrected chi connectivity index (χ2v) is 11.9. The van der Waals surface area contributed by atoms with Crippen LogP contribution in [0.25, 0.3) is 0 Å². The normalized spacial score (nSPS) is 20.0. The Morgan fingerprint density at radius 2 is 1.57 bits per heavy atom. The number of carbonyl (C=O) groups is 5. The van der Waals surface area contributed by atoms with Crippen LogP contribution in [0.4, 0.5) is 9.18 Å². The number of hydrogen-bond acceptors (Lipinski definition) is 13. The van der Waals surface area contributed by atoms with Crippen molar-refractivity contribution < 1.29 is 56.8 Å². The Labute approximate surface area is 279 Å². The number of ether oxygens (including phenoxy) is 6. The number of halogens is 1. The third-order valence-corrected chi connectivity index (χ3v) is 6.62. The zero-order chi connectivity index (χ0) is 36.5. The van der Waals surface area contributed by atoms with Gasteiger partial charge in [-0.3, -0.25) is 33.5 Å². The van der Waals surface area contributed by atoms with Crippen molar-refractivity contribution in [3.05, 3.63) is 68.7 Å². The van der Waals surface area contributed by atoms with Gasteiger partial charge >= 0.3 is 29.7 Å². The van der Waals surface area contributed by atoms with Gasteiger partial charge in [0, 0.05) is 20.8 Å². The van der Waals surface area contributed by atoms with Crippen molar-refractivity contribution in [2.45, 2.75) is 90.4 Å². The minimum atomic E-state index is -1.72. The van der Waals surface area contributed by atoms with Crippen molar-refractivity contribution in [1.82, 2.24) is 20.2 Å². The first-order valence-electron chi connectivity index (χ1n) is 15.0. The topological polar surface area (TPSA) is 220 Å². The van der Waals surface area contributed by atoms with Gasteiger partial charge in [-0.2, -0.15) is 4.39 Å². The maximum absolute atomic E-state index is 14.3. The molecule has 49 heavy (non-hydrogen) atoms. The van der Waals surface area contributed by atoms with E-state index in [0.29, 0.717) is 10.8 Å². The van der Waals surface area contributed by atoms with Gasteiger partial charge in [0.1, 0.15) is 24.4 Å². The van der Waals surface area contributed by atoms with E-state index in [9.17, 15) is 38.0 Å². The molecule has 6 atom stereocenters. The lowest BCUT2D eigenvalue weighted by atomic mass is 10.0. The molecule has 1 aromatic heterocycles. The summed E-state index contributed by atoms with van der Waals surface area (Å²) in [4.78, 5) is 88.9. The molecule has 0 unspecified atom stereocenters. The summed E-state index contributed by atoms with van der Waals surface area (Å²) in [5, 5.41) is 5.00. The fourth-order valence-electron chi connectivity index (χ4n) is 4.72. The van der Waals surface area contributed by atoms with E-state index in [1.165, 1.54) is 0 Å². The molecule has 1 aliphatic heterocycles. The summed E-state index contributed by atoms with van der Waals surface area (Å²) in [6.07, 6.45) is -6.97. The summed E-state index contributed by atoms with van der Waals surface area (Å²) in [6, 6.07) is 6.11. The van der Waals surface area contributed by atoms with Crippen LogP contribution >= 0.6 is 0 Å². The second kappa shape index (κ2) is 16.8. The van der Waals surface area contributed by atoms with Crippen molar-refractivity contribution in [2.75, 3.05) is 13.2 Å². The molecule has 3 rings (SSSR count). The molecule has 2 aromatic rings. The van der Waals surface area contributed by atoms with Crippen LogP contribution in [0.15, 0.2) is 46.1 Å². The number of nitrogens with zero attached hydrogens (tertiary/aromatic N) is 1. The summed E-state index contributed by atoms with van der Waals surface area (Å²) in [7, 11) is 0. The lowest BCUT2D eigenvalue weighted by molar-refractivity contribution is -0.166. The summed E-state index contributed by atoms with van der Waals surface area (Å²) in [5.74, 6) is -4.92. The maximum atomic E-state index is 14.3. The quantitative estimate of drug-likeness (QED) is 0.193. The van der Waals surface area contributed by atoms with E-state index in [1.54, 1.807) is 50.0 Å². The SMILES string of the molecule is CC(=O)OC[C@H](NC(=O)[C@H](COCc1ccccc1)NC(=O)OC(C)(C)C)[C@H]1O[C@@H](n2cc(F)c(=O)[nH]c2=O)[C@@H](OC(C)=O)[C@H]1OC(C)=O. The highest BCUT2D eigenvalue weighted by Crippen LogP contribution is 2.35. The molecule has 2 heterocycles. The summed E-state index contributed by atoms with van der Waals surface area (Å²) in [5.41, 5.74) is -2.67. The first-order chi connectivity index (χ1) is 22.9. The largest absolute Gasteiger partial charge is 0.464 e. The Hall–Kier alpha value is -5.10. The van der Waals surface area contributed by atoms with E-state index in [-0.39, 0.29) is 13.2 Å². The van der Waals surface area contributed by atoms with E-state index < -0.39 is 95.8 Å². The fourth-order valence-corrected chi connectivity index (χ4v) is 4.72. The fraction of sp³-hybridized carbons (Fsp3) is 0.516. The van der Waals surface area contributed by atoms with Crippen LogP contribution in [0, 0.1) is 5.82 Å². The summed E-state index contributed by atoms with van der Waals surface area (Å²) < 4.78 is 47.8. The van der Waals surface area contributed by atoms with Gasteiger partial charge in [-0.05, 0) is 26.3 Å². The summed E-state index contributed by atoms with van der Waals surface area (Å²) >= 11 is 0. The Bertz CT molecular complexity index is 1620. The van der Waals surface area contributed by atoms with Crippen LogP contribution in [-0.4, -0.2) is 88.7 Å². The van der Waals surface area contributed by atoms with E-state index in [0.717, 1.165) is 26.3 Å². The molecule has 0 aliphatic carbocycles. The number of alkyl carbamates (subject to hydrolysis) is 1. The van der Waals surface area contributed by atoms with Gasteiger partial charge in [0.05, 0.1) is 25.5 Å². The molecule has 0 bridgehead atoms. The molecule has 18 heteroatoms. The molecule has 0 radical (unpaired) electrons. The highest BCUT2D eigenvalue weighted by molar-refractivity contribution is 5.86. The average molecular weight is 695 g/mol. The molecule has 1 fully saturated rings. The average Bonchev–Trinajstić information content (AvgIpc) is 3.31. The van der Waals surface area contributed by atoms with Gasteiger partial charge in [-0.1, -0.05) is 30.3 Å². The van der Waals surface area contributed by atoms with Crippen LogP contribution in [0.5, 0.6) is 0 Å². The highest BCUT2D eigenvalue weighted by atomic mass is 19.1. The number of aromatic nitrogens is 2. The van der Waals surface area contributed by atoms with Crippen molar-refractivity contribution in [3.8, 4) is 0 Å². The predicted octanol–water partition coefficient (Wildman–Crippen LogP) is 0.595. The molecule has 1 aliphatic rings. The van der Waals surface area contributed by atoms with Crippen molar-refractivity contribution in [2.24, 2.45) is 0 Å². The maximum Gasteiger partial charge on any atom is 0.408 e. The van der Waals surface area contributed by atoms with Crippen LogP contribution < -0.4 is 21.9 Å². The Balaban J connectivity index is 2.00. The number of amides is 2. The van der Waals surface area contributed by atoms with E-state index in [1.807, 2.05) is 6.07 Å². The second-order valence-electron chi connectivity index (χ2n) is 11.9. The predicted molar refractivity (Wildman–Crippen MR) is 164 cm³/mol. The van der Waals surface area contributed by atoms with Gasteiger partial charge in [0.15, 0.2) is 18.4 Å². The van der Waals surface area contributed by atoms with Crippen molar-refractivity contribution in [3.63, 3.8) is 0 Å². The van der Waals surface area contributed by atoms with Crippen molar-refractivity contribution >= 4 is 29.9 Å². The van der Waals surface area contributed by atoms with Gasteiger partial charge in [-0.15, -0.1) is 0 Å². The molecule has 3 N–H and O–H groups in total. The lowest BCUT2D eigenvalue weighted by Gasteiger charge is -2.30. The molecule has 17 nitrogen and oxygen atoms in total. The van der Waals surface area contributed by atoms with Gasteiger partial charge < -0.3 is 39.1 Å². The molecule has 1 aromatic carbocycles. The molecular formula is C31H39FN4O13. The van der Waals surface area contributed by atoms with Crippen molar-refractivity contribution in [1.29, 1.82) is 0 Å². The molecule has 2 amide bonds. The van der Waals surface area contributed by atoms with Crippen LogP contribution in [0.3, 0.4) is 0 Å². The number of aromatic amines is 1. The van der Waals surface area contributed by atoms with E-state index in [4.69, 9.17) is 28.4 Å². The first-order valence-corrected chi connectivity index (χ1v) is 15.0. The highest BCUT2D eigenvalue weighted by Gasteiger charge is 2.54. The van der Waals surface area contributed by atoms with Crippen LogP contribution in [0.1, 0.15) is 53.3 Å². The number of rotatable bonds is 13. The van der Waals surface area contributed by atoms with Crippen LogP contribution in [-0.2, 0) is 54.2 Å². The number of hydrogen-bond donors (Lipinski definition) is 3. The lowest BCUT2D eigenvalue weighted by Crippen LogP contribution is -2.58. The Morgan fingerprint density at radius 1 is 0.939 bits per heavy atom. The zero-order valence-electron chi connectivity index (χ0n) is 27.7. The Morgan fingerprint density at radius 3 is 2.16 bits per heavy atom. The number of H-pyrrole nitrogens is 1. The van der Waals surface area contributed by atoms with Gasteiger partial charge in [0.2, 0.25) is 11.7 Å². The molecule has 268 valence electrons. The number of benzene rings is 1. The van der Waals surface area contributed by atoms with Crippen LogP contribution in [0.2, 0.25) is 0 Å².